The average Bonchev–Trinajstić information content (AvgIpc) is 2.70. The fourth-order valence-corrected chi connectivity index (χ4v) is 4.06. The zero-order valence-electron chi connectivity index (χ0n) is 15.3. The Morgan fingerprint density at radius 2 is 1.66 bits per heavy atom. The summed E-state index contributed by atoms with van der Waals surface area (Å²) in [4.78, 5) is 24.1. The van der Waals surface area contributed by atoms with Gasteiger partial charge in [0.2, 0.25) is 0 Å². The molecular formula is C21H17BrN2O4S. The number of aldehydes is 1. The molecule has 0 aliphatic heterocycles. The Kier molecular flexibility index (Phi) is 6.14. The number of hydrogen-bond donors (Lipinski definition) is 2. The molecule has 3 rings (SSSR count). The minimum absolute atomic E-state index is 0.0867. The standard InChI is InChI=1S/C21H17BrN2O4S/c1-14-6-9-17(10-7-14)29(27,28)24-20-11-8-16(22)12-18(20)21(26)23-19-5-3-2-4-15(19)13-25/h2-13,24H,1H3,(H,23,26). The molecule has 1 amide bonds. The molecule has 0 spiro atoms. The Morgan fingerprint density at radius 3 is 2.34 bits per heavy atom. The molecule has 0 saturated carbocycles. The molecule has 6 nitrogen and oxygen atoms in total. The average molecular weight is 473 g/mol. The third-order valence-corrected chi connectivity index (χ3v) is 6.01. The predicted molar refractivity (Wildman–Crippen MR) is 116 cm³/mol. The molecule has 3 aromatic carbocycles. The molecular weight excluding hydrogens is 456 g/mol. The van der Waals surface area contributed by atoms with E-state index in [-0.39, 0.29) is 16.1 Å². The minimum Gasteiger partial charge on any atom is -0.321 e. The summed E-state index contributed by atoms with van der Waals surface area (Å²) >= 11 is 3.30. The van der Waals surface area contributed by atoms with Gasteiger partial charge in [0.1, 0.15) is 0 Å². The lowest BCUT2D eigenvalue weighted by molar-refractivity contribution is 0.102. The Labute approximate surface area is 177 Å². The van der Waals surface area contributed by atoms with Crippen LogP contribution in [0.4, 0.5) is 11.4 Å². The zero-order chi connectivity index (χ0) is 21.0. The molecule has 2 N–H and O–H groups in total. The van der Waals surface area contributed by atoms with Gasteiger partial charge in [-0.25, -0.2) is 8.42 Å². The number of carbonyl (C=O) groups is 2. The molecule has 0 radical (unpaired) electrons. The van der Waals surface area contributed by atoms with Gasteiger partial charge in [-0.3, -0.25) is 14.3 Å². The van der Waals surface area contributed by atoms with Crippen molar-refractivity contribution in [2.75, 3.05) is 10.0 Å². The summed E-state index contributed by atoms with van der Waals surface area (Å²) in [6, 6.07) is 17.5. The van der Waals surface area contributed by atoms with Crippen LogP contribution in [0.25, 0.3) is 0 Å². The highest BCUT2D eigenvalue weighted by molar-refractivity contribution is 9.10. The lowest BCUT2D eigenvalue weighted by Crippen LogP contribution is -2.19. The summed E-state index contributed by atoms with van der Waals surface area (Å²) in [5.41, 5.74) is 1.81. The van der Waals surface area contributed by atoms with Gasteiger partial charge >= 0.3 is 0 Å². The fourth-order valence-electron chi connectivity index (χ4n) is 2.62. The molecule has 29 heavy (non-hydrogen) atoms. The van der Waals surface area contributed by atoms with Crippen molar-refractivity contribution in [3.63, 3.8) is 0 Å². The van der Waals surface area contributed by atoms with Gasteiger partial charge in [-0.1, -0.05) is 45.8 Å². The van der Waals surface area contributed by atoms with Crippen molar-refractivity contribution in [3.8, 4) is 0 Å². The number of anilines is 2. The van der Waals surface area contributed by atoms with Gasteiger partial charge in [0, 0.05) is 10.0 Å². The number of carbonyl (C=O) groups excluding carboxylic acids is 2. The number of para-hydroxylation sites is 1. The number of hydrogen-bond acceptors (Lipinski definition) is 4. The first-order chi connectivity index (χ1) is 13.8. The molecule has 0 aliphatic rings. The highest BCUT2D eigenvalue weighted by Crippen LogP contribution is 2.25. The maximum Gasteiger partial charge on any atom is 0.261 e. The largest absolute Gasteiger partial charge is 0.321 e. The van der Waals surface area contributed by atoms with Gasteiger partial charge in [-0.05, 0) is 49.4 Å². The number of benzene rings is 3. The van der Waals surface area contributed by atoms with Crippen LogP contribution in [0.15, 0.2) is 76.1 Å². The van der Waals surface area contributed by atoms with E-state index in [0.29, 0.717) is 22.0 Å². The number of rotatable bonds is 6. The Hall–Kier alpha value is -2.97. The third kappa shape index (κ3) is 4.90. The minimum atomic E-state index is -3.89. The second-order valence-electron chi connectivity index (χ2n) is 6.27. The van der Waals surface area contributed by atoms with Crippen LogP contribution in [-0.4, -0.2) is 20.6 Å². The summed E-state index contributed by atoms with van der Waals surface area (Å²) in [7, 11) is -3.89. The first-order valence-corrected chi connectivity index (χ1v) is 10.8. The van der Waals surface area contributed by atoms with Crippen LogP contribution < -0.4 is 10.0 Å². The Bertz CT molecular complexity index is 1180. The predicted octanol–water partition coefficient (Wildman–Crippen LogP) is 4.62. The highest BCUT2D eigenvalue weighted by Gasteiger charge is 2.20. The third-order valence-electron chi connectivity index (χ3n) is 4.14. The summed E-state index contributed by atoms with van der Waals surface area (Å²) in [5.74, 6) is -0.554. The highest BCUT2D eigenvalue weighted by atomic mass is 79.9. The summed E-state index contributed by atoms with van der Waals surface area (Å²) in [5, 5.41) is 2.65. The number of halogens is 1. The molecule has 3 aromatic rings. The molecule has 0 heterocycles. The van der Waals surface area contributed by atoms with Crippen LogP contribution in [-0.2, 0) is 10.0 Å². The van der Waals surface area contributed by atoms with Crippen molar-refractivity contribution in [2.24, 2.45) is 0 Å². The van der Waals surface area contributed by atoms with Gasteiger partial charge in [0.15, 0.2) is 6.29 Å². The second kappa shape index (κ2) is 8.59. The lowest BCUT2D eigenvalue weighted by atomic mass is 10.1. The molecule has 0 saturated heterocycles. The molecule has 0 bridgehead atoms. The number of aryl methyl sites for hydroxylation is 1. The quantitative estimate of drug-likeness (QED) is 0.511. The number of sulfonamides is 1. The monoisotopic (exact) mass is 472 g/mol. The van der Waals surface area contributed by atoms with E-state index in [1.807, 2.05) is 6.92 Å². The van der Waals surface area contributed by atoms with E-state index in [9.17, 15) is 18.0 Å². The summed E-state index contributed by atoms with van der Waals surface area (Å²) in [6.07, 6.45) is 0.636. The molecule has 0 aromatic heterocycles. The van der Waals surface area contributed by atoms with Crippen LogP contribution in [0.5, 0.6) is 0 Å². The van der Waals surface area contributed by atoms with Gasteiger partial charge in [-0.15, -0.1) is 0 Å². The molecule has 0 aliphatic carbocycles. The first-order valence-electron chi connectivity index (χ1n) is 8.55. The van der Waals surface area contributed by atoms with Crippen molar-refractivity contribution in [2.45, 2.75) is 11.8 Å². The first kappa shape index (κ1) is 20.8. The molecule has 0 fully saturated rings. The zero-order valence-corrected chi connectivity index (χ0v) is 17.7. The van der Waals surface area contributed by atoms with Gasteiger partial charge in [0.25, 0.3) is 15.9 Å². The van der Waals surface area contributed by atoms with Crippen molar-refractivity contribution in [3.05, 3.63) is 87.9 Å². The van der Waals surface area contributed by atoms with Crippen molar-refractivity contribution < 1.29 is 18.0 Å². The van der Waals surface area contributed by atoms with E-state index in [2.05, 4.69) is 26.0 Å². The van der Waals surface area contributed by atoms with Gasteiger partial charge < -0.3 is 5.32 Å². The van der Waals surface area contributed by atoms with Gasteiger partial charge in [-0.2, -0.15) is 0 Å². The number of amides is 1. The maximum absolute atomic E-state index is 12.8. The molecule has 148 valence electrons. The van der Waals surface area contributed by atoms with E-state index in [0.717, 1.165) is 5.56 Å². The van der Waals surface area contributed by atoms with Gasteiger partial charge in [0.05, 0.1) is 21.8 Å². The second-order valence-corrected chi connectivity index (χ2v) is 8.87. The van der Waals surface area contributed by atoms with Crippen LogP contribution in [0.1, 0.15) is 26.3 Å². The topological polar surface area (TPSA) is 92.3 Å². The maximum atomic E-state index is 12.8. The van der Waals surface area contributed by atoms with Crippen LogP contribution in [0.2, 0.25) is 0 Å². The summed E-state index contributed by atoms with van der Waals surface area (Å²) < 4.78 is 28.5. The van der Waals surface area contributed by atoms with E-state index in [1.54, 1.807) is 42.5 Å². The smallest absolute Gasteiger partial charge is 0.261 e. The molecule has 8 heteroatoms. The van der Waals surface area contributed by atoms with E-state index >= 15 is 0 Å². The summed E-state index contributed by atoms with van der Waals surface area (Å²) in [6.45, 7) is 1.86. The van der Waals surface area contributed by atoms with Crippen LogP contribution >= 0.6 is 15.9 Å². The van der Waals surface area contributed by atoms with Crippen molar-refractivity contribution in [1.29, 1.82) is 0 Å². The fraction of sp³-hybridized carbons (Fsp3) is 0.0476. The van der Waals surface area contributed by atoms with E-state index < -0.39 is 15.9 Å². The molecule has 0 unspecified atom stereocenters. The number of nitrogens with one attached hydrogen (secondary N) is 2. The van der Waals surface area contributed by atoms with E-state index in [1.165, 1.54) is 24.3 Å². The van der Waals surface area contributed by atoms with Crippen molar-refractivity contribution >= 4 is 49.5 Å². The molecule has 0 atom stereocenters. The SMILES string of the molecule is Cc1ccc(S(=O)(=O)Nc2ccc(Br)cc2C(=O)Nc2ccccc2C=O)cc1. The lowest BCUT2D eigenvalue weighted by Gasteiger charge is -2.14. The van der Waals surface area contributed by atoms with Crippen molar-refractivity contribution in [1.82, 2.24) is 0 Å². The van der Waals surface area contributed by atoms with Crippen LogP contribution in [0, 0.1) is 6.92 Å². The van der Waals surface area contributed by atoms with Crippen LogP contribution in [0.3, 0.4) is 0 Å². The Morgan fingerprint density at radius 1 is 0.966 bits per heavy atom. The normalized spacial score (nSPS) is 11.0. The van der Waals surface area contributed by atoms with E-state index in [4.69, 9.17) is 0 Å². The Balaban J connectivity index is 1.94.